The van der Waals surface area contributed by atoms with Gasteiger partial charge in [0, 0.05) is 17.5 Å². The van der Waals surface area contributed by atoms with E-state index in [9.17, 15) is 4.79 Å². The first-order valence-electron chi connectivity index (χ1n) is 7.91. The maximum absolute atomic E-state index is 12.8. The summed E-state index contributed by atoms with van der Waals surface area (Å²) >= 11 is 0. The van der Waals surface area contributed by atoms with Crippen LogP contribution in [-0.4, -0.2) is 29.6 Å². The Balaban J connectivity index is 2.16. The van der Waals surface area contributed by atoms with E-state index in [0.29, 0.717) is 28.6 Å². The van der Waals surface area contributed by atoms with Gasteiger partial charge in [0.1, 0.15) is 5.52 Å². The number of fused-ring (bicyclic) bond motifs is 2. The van der Waals surface area contributed by atoms with Crippen LogP contribution in [0.1, 0.15) is 19.8 Å². The van der Waals surface area contributed by atoms with Crippen LogP contribution < -0.4 is 10.9 Å². The third kappa shape index (κ3) is 2.01. The van der Waals surface area contributed by atoms with E-state index in [0.717, 1.165) is 24.1 Å². The normalized spacial score (nSPS) is 11.5. The molecule has 0 fully saturated rings. The average molecular weight is 320 g/mol. The van der Waals surface area contributed by atoms with Gasteiger partial charge in [0.25, 0.3) is 11.3 Å². The fraction of sp³-hybridized carbons (Fsp3) is 0.235. The maximum atomic E-state index is 12.8. The van der Waals surface area contributed by atoms with Gasteiger partial charge >= 0.3 is 0 Å². The van der Waals surface area contributed by atoms with Gasteiger partial charge in [-0.25, -0.2) is 4.98 Å². The van der Waals surface area contributed by atoms with Gasteiger partial charge in [-0.1, -0.05) is 55.4 Å². The lowest BCUT2D eigenvalue weighted by Crippen LogP contribution is -2.25. The minimum Gasteiger partial charge on any atom is -0.307 e. The zero-order valence-corrected chi connectivity index (χ0v) is 13.3. The number of nitrogens with zero attached hydrogens (tertiary/aromatic N) is 6. The van der Waals surface area contributed by atoms with E-state index < -0.39 is 0 Å². The van der Waals surface area contributed by atoms with Crippen LogP contribution >= 0.6 is 0 Å². The second-order valence-electron chi connectivity index (χ2n) is 5.70. The van der Waals surface area contributed by atoms with Gasteiger partial charge in [-0.05, 0) is 16.8 Å². The first kappa shape index (κ1) is 14.5. The monoisotopic (exact) mass is 320 g/mol. The summed E-state index contributed by atoms with van der Waals surface area (Å²) < 4.78 is 3.26. The zero-order valence-electron chi connectivity index (χ0n) is 13.3. The lowest BCUT2D eigenvalue weighted by Gasteiger charge is -2.05. The Kier molecular flexibility index (Phi) is 3.34. The van der Waals surface area contributed by atoms with Gasteiger partial charge in [0.15, 0.2) is 0 Å². The molecule has 120 valence electrons. The van der Waals surface area contributed by atoms with Gasteiger partial charge < -0.3 is 4.57 Å². The molecule has 0 N–H and O–H groups in total. The molecule has 3 heterocycles. The topological polar surface area (TPSA) is 78.0 Å². The van der Waals surface area contributed by atoms with Crippen LogP contribution in [-0.2, 0) is 6.54 Å². The van der Waals surface area contributed by atoms with Crippen LogP contribution in [0.15, 0.2) is 35.1 Å². The molecule has 0 radical (unpaired) electrons. The Morgan fingerprint density at radius 3 is 2.75 bits per heavy atom. The molecule has 0 aliphatic heterocycles. The average Bonchev–Trinajstić information content (AvgIpc) is 3.16. The van der Waals surface area contributed by atoms with E-state index >= 15 is 0 Å². The molecule has 4 aromatic rings. The zero-order chi connectivity index (χ0) is 16.7. The van der Waals surface area contributed by atoms with Crippen LogP contribution in [0.4, 0.5) is 0 Å². The second kappa shape index (κ2) is 5.52. The Bertz CT molecular complexity index is 1130. The number of hydrogen-bond acceptors (Lipinski definition) is 5. The Morgan fingerprint density at radius 1 is 1.21 bits per heavy atom. The fourth-order valence-electron chi connectivity index (χ4n) is 3.00. The van der Waals surface area contributed by atoms with Crippen molar-refractivity contribution in [1.29, 1.82) is 0 Å². The number of unbranched alkanes of at least 4 members (excludes halogenated alkanes) is 1. The van der Waals surface area contributed by atoms with E-state index in [1.807, 2.05) is 30.3 Å². The SMILES string of the molecule is C=c1c2c(-c3ccccc3)n3nnnc3nc2c(=O)n1CCCC. The summed E-state index contributed by atoms with van der Waals surface area (Å²) in [5.74, 6) is 0.311. The first-order chi connectivity index (χ1) is 11.7. The van der Waals surface area contributed by atoms with Crippen molar-refractivity contribution in [3.63, 3.8) is 0 Å². The van der Waals surface area contributed by atoms with Crippen molar-refractivity contribution in [2.45, 2.75) is 26.3 Å². The highest BCUT2D eigenvalue weighted by atomic mass is 16.1. The summed E-state index contributed by atoms with van der Waals surface area (Å²) in [4.78, 5) is 17.2. The molecule has 0 atom stereocenters. The van der Waals surface area contributed by atoms with Gasteiger partial charge in [-0.2, -0.15) is 4.52 Å². The predicted molar refractivity (Wildman–Crippen MR) is 91.4 cm³/mol. The molecule has 0 amide bonds. The molecule has 0 spiro atoms. The molecular weight excluding hydrogens is 304 g/mol. The Morgan fingerprint density at radius 2 is 2.00 bits per heavy atom. The standard InChI is InChI=1S/C17H16N6O/c1-3-4-10-22-11(2)13-14(16(22)24)18-17-19-20-21-23(17)15(13)12-8-6-5-7-9-12/h5-9H,2-4,10H2,1H3. The van der Waals surface area contributed by atoms with Gasteiger partial charge in [0.2, 0.25) is 0 Å². The smallest absolute Gasteiger partial charge is 0.277 e. The third-order valence-corrected chi connectivity index (χ3v) is 4.19. The highest BCUT2D eigenvalue weighted by molar-refractivity contribution is 5.94. The number of hydrogen-bond donors (Lipinski definition) is 0. The maximum Gasteiger partial charge on any atom is 0.277 e. The molecule has 0 aliphatic rings. The summed E-state index contributed by atoms with van der Waals surface area (Å²) in [6.45, 7) is 6.86. The van der Waals surface area contributed by atoms with Crippen LogP contribution in [0.3, 0.4) is 0 Å². The molecular formula is C17H16N6O. The first-order valence-corrected chi connectivity index (χ1v) is 7.91. The summed E-state index contributed by atoms with van der Waals surface area (Å²) in [5.41, 5.74) is 1.90. The van der Waals surface area contributed by atoms with Crippen molar-refractivity contribution in [2.24, 2.45) is 0 Å². The number of rotatable bonds is 4. The molecule has 7 heteroatoms. The van der Waals surface area contributed by atoms with E-state index in [4.69, 9.17) is 0 Å². The van der Waals surface area contributed by atoms with Gasteiger partial charge in [-0.3, -0.25) is 4.79 Å². The molecule has 0 aliphatic carbocycles. The van der Waals surface area contributed by atoms with Crippen molar-refractivity contribution < 1.29 is 0 Å². The van der Waals surface area contributed by atoms with Crippen molar-refractivity contribution in [2.75, 3.05) is 0 Å². The minimum absolute atomic E-state index is 0.133. The van der Waals surface area contributed by atoms with Crippen LogP contribution in [0, 0.1) is 0 Å². The number of aromatic nitrogens is 6. The largest absolute Gasteiger partial charge is 0.307 e. The van der Waals surface area contributed by atoms with E-state index in [1.54, 1.807) is 9.08 Å². The molecule has 24 heavy (non-hydrogen) atoms. The van der Waals surface area contributed by atoms with E-state index in [-0.39, 0.29) is 5.56 Å². The van der Waals surface area contributed by atoms with Crippen molar-refractivity contribution in [3.8, 4) is 11.3 Å². The summed E-state index contributed by atoms with van der Waals surface area (Å²) in [6, 6.07) is 9.74. The minimum atomic E-state index is -0.133. The molecule has 3 aromatic heterocycles. The van der Waals surface area contributed by atoms with Crippen LogP contribution in [0.25, 0.3) is 34.5 Å². The number of benzene rings is 1. The molecule has 0 unspecified atom stereocenters. The highest BCUT2D eigenvalue weighted by Crippen LogP contribution is 2.24. The molecule has 0 bridgehead atoms. The second-order valence-corrected chi connectivity index (χ2v) is 5.70. The predicted octanol–water partition coefficient (Wildman–Crippen LogP) is 1.43. The lowest BCUT2D eigenvalue weighted by molar-refractivity contribution is 0.611. The summed E-state index contributed by atoms with van der Waals surface area (Å²) in [6.07, 6.45) is 1.91. The third-order valence-electron chi connectivity index (χ3n) is 4.19. The van der Waals surface area contributed by atoms with Crippen molar-refractivity contribution >= 4 is 23.3 Å². The molecule has 1 aromatic carbocycles. The molecule has 4 rings (SSSR count). The van der Waals surface area contributed by atoms with Gasteiger partial charge in [0.05, 0.1) is 11.1 Å². The van der Waals surface area contributed by atoms with E-state index in [1.165, 1.54) is 0 Å². The molecule has 0 saturated heterocycles. The van der Waals surface area contributed by atoms with Crippen molar-refractivity contribution in [3.05, 3.63) is 46.0 Å². The molecule has 7 nitrogen and oxygen atoms in total. The van der Waals surface area contributed by atoms with Gasteiger partial charge in [-0.15, -0.1) is 0 Å². The Hall–Kier alpha value is -3.09. The fourth-order valence-corrected chi connectivity index (χ4v) is 3.00. The van der Waals surface area contributed by atoms with Crippen LogP contribution in [0.5, 0.6) is 0 Å². The lowest BCUT2D eigenvalue weighted by atomic mass is 10.1. The molecule has 0 saturated carbocycles. The summed E-state index contributed by atoms with van der Waals surface area (Å²) in [7, 11) is 0. The number of tetrazole rings is 1. The van der Waals surface area contributed by atoms with E-state index in [2.05, 4.69) is 34.0 Å². The quantitative estimate of drug-likeness (QED) is 0.568. The Labute approximate surface area is 137 Å². The summed E-state index contributed by atoms with van der Waals surface area (Å²) in [5, 5.41) is 13.0. The highest BCUT2D eigenvalue weighted by Gasteiger charge is 2.20. The van der Waals surface area contributed by atoms with Crippen molar-refractivity contribution in [1.82, 2.24) is 29.6 Å². The van der Waals surface area contributed by atoms with Crippen LogP contribution in [0.2, 0.25) is 0 Å².